The van der Waals surface area contributed by atoms with Crippen molar-refractivity contribution in [1.82, 2.24) is 15.3 Å². The van der Waals surface area contributed by atoms with Crippen molar-refractivity contribution in [2.45, 2.75) is 19.4 Å². The van der Waals surface area contributed by atoms with Crippen LogP contribution in [-0.2, 0) is 13.0 Å². The number of benzene rings is 1. The molecule has 162 valence electrons. The second-order valence-corrected chi connectivity index (χ2v) is 8.45. The topological polar surface area (TPSA) is 70.2 Å². The summed E-state index contributed by atoms with van der Waals surface area (Å²) < 4.78 is 28.2. The Labute approximate surface area is 187 Å². The molecule has 6 nitrogen and oxygen atoms in total. The first-order valence-corrected chi connectivity index (χ1v) is 11.1. The van der Waals surface area contributed by atoms with Crippen molar-refractivity contribution in [1.29, 1.82) is 0 Å². The SMILES string of the molecule is O=C(NCCc1cccs1)c1cnc2c(n1)N(Cc1c(F)ccc(F)c1Cl)CCCN2. The lowest BCUT2D eigenvalue weighted by molar-refractivity contribution is 0.0949. The van der Waals surface area contributed by atoms with Gasteiger partial charge in [-0.3, -0.25) is 4.79 Å². The first-order valence-electron chi connectivity index (χ1n) is 9.81. The number of hydrogen-bond donors (Lipinski definition) is 2. The van der Waals surface area contributed by atoms with Crippen LogP contribution in [0.2, 0.25) is 5.02 Å². The van der Waals surface area contributed by atoms with Crippen LogP contribution in [0.4, 0.5) is 20.4 Å². The van der Waals surface area contributed by atoms with E-state index in [1.54, 1.807) is 16.2 Å². The summed E-state index contributed by atoms with van der Waals surface area (Å²) in [6.07, 6.45) is 2.87. The van der Waals surface area contributed by atoms with E-state index >= 15 is 0 Å². The van der Waals surface area contributed by atoms with Crippen LogP contribution in [0.25, 0.3) is 0 Å². The number of carbonyl (C=O) groups is 1. The zero-order chi connectivity index (χ0) is 21.8. The van der Waals surface area contributed by atoms with E-state index < -0.39 is 11.6 Å². The molecule has 3 aromatic rings. The van der Waals surface area contributed by atoms with Crippen LogP contribution in [0.3, 0.4) is 0 Å². The highest BCUT2D eigenvalue weighted by molar-refractivity contribution is 7.09. The van der Waals surface area contributed by atoms with Crippen molar-refractivity contribution in [2.75, 3.05) is 29.9 Å². The van der Waals surface area contributed by atoms with E-state index in [9.17, 15) is 13.6 Å². The Morgan fingerprint density at radius 1 is 1.29 bits per heavy atom. The van der Waals surface area contributed by atoms with Crippen LogP contribution in [0.15, 0.2) is 35.8 Å². The largest absolute Gasteiger partial charge is 0.367 e. The quantitative estimate of drug-likeness (QED) is 0.534. The average molecular weight is 464 g/mol. The van der Waals surface area contributed by atoms with Crippen molar-refractivity contribution in [3.63, 3.8) is 0 Å². The normalized spacial score (nSPS) is 13.3. The highest BCUT2D eigenvalue weighted by atomic mass is 35.5. The fourth-order valence-electron chi connectivity index (χ4n) is 3.32. The predicted molar refractivity (Wildman–Crippen MR) is 118 cm³/mol. The van der Waals surface area contributed by atoms with Gasteiger partial charge in [0.05, 0.1) is 11.2 Å². The van der Waals surface area contributed by atoms with Gasteiger partial charge in [0.2, 0.25) is 0 Å². The maximum atomic E-state index is 14.3. The van der Waals surface area contributed by atoms with Gasteiger partial charge in [0.15, 0.2) is 11.6 Å². The number of anilines is 2. The summed E-state index contributed by atoms with van der Waals surface area (Å²) in [5.74, 6) is -0.730. The van der Waals surface area contributed by atoms with Crippen LogP contribution in [0.5, 0.6) is 0 Å². The summed E-state index contributed by atoms with van der Waals surface area (Å²) in [6, 6.07) is 6.03. The van der Waals surface area contributed by atoms with E-state index in [0.29, 0.717) is 31.3 Å². The van der Waals surface area contributed by atoms with Gasteiger partial charge in [0.25, 0.3) is 5.91 Å². The third-order valence-corrected chi connectivity index (χ3v) is 6.25. The molecule has 0 bridgehead atoms. The van der Waals surface area contributed by atoms with Crippen LogP contribution >= 0.6 is 22.9 Å². The maximum absolute atomic E-state index is 14.3. The summed E-state index contributed by atoms with van der Waals surface area (Å²) in [7, 11) is 0. The lowest BCUT2D eigenvalue weighted by atomic mass is 10.2. The molecule has 0 aliphatic carbocycles. The maximum Gasteiger partial charge on any atom is 0.271 e. The molecule has 0 atom stereocenters. The van der Waals surface area contributed by atoms with Crippen LogP contribution < -0.4 is 15.5 Å². The molecule has 1 aliphatic rings. The number of nitrogens with zero attached hydrogens (tertiary/aromatic N) is 3. The molecule has 1 aliphatic heterocycles. The average Bonchev–Trinajstić information content (AvgIpc) is 3.21. The summed E-state index contributed by atoms with van der Waals surface area (Å²) >= 11 is 7.64. The van der Waals surface area contributed by atoms with E-state index in [1.807, 2.05) is 17.5 Å². The van der Waals surface area contributed by atoms with E-state index in [2.05, 4.69) is 20.6 Å². The number of fused-ring (bicyclic) bond motifs is 1. The Balaban J connectivity index is 1.54. The van der Waals surface area contributed by atoms with Gasteiger partial charge in [0.1, 0.15) is 17.3 Å². The number of thiophene rings is 1. The van der Waals surface area contributed by atoms with E-state index in [0.717, 1.165) is 25.0 Å². The lowest BCUT2D eigenvalue weighted by Gasteiger charge is -2.24. The molecule has 3 heterocycles. The van der Waals surface area contributed by atoms with Gasteiger partial charge in [0, 0.05) is 36.6 Å². The molecule has 2 N–H and O–H groups in total. The Bertz CT molecular complexity index is 1080. The fraction of sp³-hybridized carbons (Fsp3) is 0.286. The second-order valence-electron chi connectivity index (χ2n) is 7.04. The minimum Gasteiger partial charge on any atom is -0.367 e. The molecule has 0 radical (unpaired) electrons. The molecule has 0 spiro atoms. The predicted octanol–water partition coefficient (Wildman–Crippen LogP) is 4.26. The molecule has 0 unspecified atom stereocenters. The van der Waals surface area contributed by atoms with Crippen LogP contribution in [0, 0.1) is 11.6 Å². The first kappa shape index (κ1) is 21.5. The molecular weight excluding hydrogens is 444 g/mol. The monoisotopic (exact) mass is 463 g/mol. The minimum absolute atomic E-state index is 0.00916. The van der Waals surface area contributed by atoms with Gasteiger partial charge in [-0.15, -0.1) is 11.3 Å². The van der Waals surface area contributed by atoms with Crippen molar-refractivity contribution in [3.05, 3.63) is 68.6 Å². The Kier molecular flexibility index (Phi) is 6.62. The van der Waals surface area contributed by atoms with Crippen molar-refractivity contribution < 1.29 is 13.6 Å². The zero-order valence-corrected chi connectivity index (χ0v) is 18.1. The number of amides is 1. The third-order valence-electron chi connectivity index (χ3n) is 4.91. The van der Waals surface area contributed by atoms with Gasteiger partial charge in [-0.1, -0.05) is 17.7 Å². The Hall–Kier alpha value is -2.78. The standard InChI is InChI=1S/C21H20ClF2N5OS/c22-18-14(15(23)4-5-16(18)24)12-29-9-2-7-25-19-20(29)28-17(11-27-19)21(30)26-8-6-13-3-1-10-31-13/h1,3-5,10-11H,2,6-9,12H2,(H,25,27)(H,26,30). The summed E-state index contributed by atoms with van der Waals surface area (Å²) in [5.41, 5.74) is 0.201. The number of halogens is 3. The molecule has 31 heavy (non-hydrogen) atoms. The molecule has 10 heteroatoms. The Morgan fingerprint density at radius 2 is 2.13 bits per heavy atom. The van der Waals surface area contributed by atoms with E-state index in [-0.39, 0.29) is 28.7 Å². The summed E-state index contributed by atoms with van der Waals surface area (Å²) in [6.45, 7) is 1.65. The fourth-order valence-corrected chi connectivity index (χ4v) is 4.24. The lowest BCUT2D eigenvalue weighted by Crippen LogP contribution is -2.29. The first-order chi connectivity index (χ1) is 15.0. The second kappa shape index (κ2) is 9.57. The molecular formula is C21H20ClF2N5OS. The molecule has 1 amide bonds. The highest BCUT2D eigenvalue weighted by Gasteiger charge is 2.23. The number of aromatic nitrogens is 2. The molecule has 2 aromatic heterocycles. The smallest absolute Gasteiger partial charge is 0.271 e. The minimum atomic E-state index is -0.684. The number of rotatable bonds is 6. The molecule has 0 saturated carbocycles. The van der Waals surface area contributed by atoms with Crippen molar-refractivity contribution >= 4 is 40.5 Å². The summed E-state index contributed by atoms with van der Waals surface area (Å²) in [4.78, 5) is 24.3. The van der Waals surface area contributed by atoms with Gasteiger partial charge in [-0.2, -0.15) is 0 Å². The van der Waals surface area contributed by atoms with Crippen molar-refractivity contribution in [3.8, 4) is 0 Å². The Morgan fingerprint density at radius 3 is 2.94 bits per heavy atom. The molecule has 0 fully saturated rings. The van der Waals surface area contributed by atoms with Crippen LogP contribution in [-0.4, -0.2) is 35.5 Å². The van der Waals surface area contributed by atoms with Gasteiger partial charge < -0.3 is 15.5 Å². The zero-order valence-electron chi connectivity index (χ0n) is 16.5. The van der Waals surface area contributed by atoms with Gasteiger partial charge in [-0.05, 0) is 36.4 Å². The third kappa shape index (κ3) is 4.94. The number of hydrogen-bond acceptors (Lipinski definition) is 6. The van der Waals surface area contributed by atoms with Gasteiger partial charge in [-0.25, -0.2) is 18.7 Å². The number of nitrogens with one attached hydrogen (secondary N) is 2. The highest BCUT2D eigenvalue weighted by Crippen LogP contribution is 2.30. The van der Waals surface area contributed by atoms with Crippen LogP contribution in [0.1, 0.15) is 27.3 Å². The van der Waals surface area contributed by atoms with E-state index in [1.165, 1.54) is 11.1 Å². The molecule has 4 rings (SSSR count). The molecule has 0 saturated heterocycles. The summed E-state index contributed by atoms with van der Waals surface area (Å²) in [5, 5.41) is 7.74. The molecule has 1 aromatic carbocycles. The van der Waals surface area contributed by atoms with E-state index in [4.69, 9.17) is 11.6 Å². The number of carbonyl (C=O) groups excluding carboxylic acids is 1. The van der Waals surface area contributed by atoms with Gasteiger partial charge >= 0.3 is 0 Å². The van der Waals surface area contributed by atoms with Crippen molar-refractivity contribution in [2.24, 2.45) is 0 Å².